The number of rotatable bonds is 6. The molecule has 1 saturated heterocycles. The summed E-state index contributed by atoms with van der Waals surface area (Å²) < 4.78 is 7.78. The maximum atomic E-state index is 6.90. The van der Waals surface area contributed by atoms with E-state index in [1.807, 2.05) is 50.4 Å². The van der Waals surface area contributed by atoms with Crippen molar-refractivity contribution in [3.63, 3.8) is 0 Å². The number of fused-ring (bicyclic) bond motifs is 1. The van der Waals surface area contributed by atoms with E-state index >= 15 is 0 Å². The number of para-hydroxylation sites is 1. The van der Waals surface area contributed by atoms with E-state index in [9.17, 15) is 0 Å². The molecule has 8 heteroatoms. The Balaban J connectivity index is 1.54. The standard InChI is InChI=1S/C26H33N7O/c1-17(2)34-23-9-5-4-7-19(23)15-32-16-20(13-21(25(32)27)22-8-6-11-31(22)3)18-10-12-33-24(14-18)29-26(28)30-33/h4-5,7,9-10,12-14,16-17,22,25H,6,8,11,15,27H2,1-3H3,(H2,28,30)/t22-,25?/m0/s1. The summed E-state index contributed by atoms with van der Waals surface area (Å²) in [5.74, 6) is 1.16. The van der Waals surface area contributed by atoms with E-state index in [1.54, 1.807) is 4.52 Å². The minimum atomic E-state index is -0.214. The van der Waals surface area contributed by atoms with E-state index in [4.69, 9.17) is 16.2 Å². The molecule has 1 fully saturated rings. The number of nitrogens with two attached hydrogens (primary N) is 2. The number of likely N-dealkylation sites (N-methyl/N-ethyl adjacent to an activating group) is 1. The van der Waals surface area contributed by atoms with E-state index in [0.29, 0.717) is 12.6 Å². The Labute approximate surface area is 200 Å². The van der Waals surface area contributed by atoms with Gasteiger partial charge in [-0.1, -0.05) is 18.2 Å². The number of nitrogens with zero attached hydrogens (tertiary/aromatic N) is 5. The van der Waals surface area contributed by atoms with E-state index in [0.717, 1.165) is 41.1 Å². The van der Waals surface area contributed by atoms with Crippen LogP contribution in [-0.4, -0.2) is 56.3 Å². The lowest BCUT2D eigenvalue weighted by Gasteiger charge is -2.38. The third-order valence-electron chi connectivity index (χ3n) is 6.61. The van der Waals surface area contributed by atoms with Crippen molar-refractivity contribution < 1.29 is 4.74 Å². The Morgan fingerprint density at radius 3 is 2.79 bits per heavy atom. The first-order valence-corrected chi connectivity index (χ1v) is 11.9. The zero-order chi connectivity index (χ0) is 23.8. The maximum absolute atomic E-state index is 6.90. The summed E-state index contributed by atoms with van der Waals surface area (Å²) in [6, 6.07) is 12.6. The van der Waals surface area contributed by atoms with Crippen LogP contribution in [-0.2, 0) is 6.54 Å². The van der Waals surface area contributed by atoms with Crippen molar-refractivity contribution in [2.75, 3.05) is 19.3 Å². The Hall–Kier alpha value is -3.36. The van der Waals surface area contributed by atoms with Crippen molar-refractivity contribution in [1.29, 1.82) is 0 Å². The van der Waals surface area contributed by atoms with Gasteiger partial charge < -0.3 is 21.1 Å². The fourth-order valence-electron chi connectivity index (χ4n) is 4.96. The molecule has 34 heavy (non-hydrogen) atoms. The average Bonchev–Trinajstić information content (AvgIpc) is 3.39. The highest BCUT2D eigenvalue weighted by Gasteiger charge is 2.32. The molecule has 0 amide bonds. The number of likely N-dealkylation sites (tertiary alicyclic amines) is 1. The fraction of sp³-hybridized carbons (Fsp3) is 0.385. The summed E-state index contributed by atoms with van der Waals surface area (Å²) in [5, 5.41) is 4.20. The summed E-state index contributed by atoms with van der Waals surface area (Å²) >= 11 is 0. The van der Waals surface area contributed by atoms with Crippen LogP contribution in [0.25, 0.3) is 11.2 Å². The van der Waals surface area contributed by atoms with Crippen LogP contribution in [0.1, 0.15) is 37.8 Å². The molecule has 4 heterocycles. The third kappa shape index (κ3) is 4.38. The summed E-state index contributed by atoms with van der Waals surface area (Å²) in [7, 11) is 2.18. The smallest absolute Gasteiger partial charge is 0.240 e. The fourth-order valence-corrected chi connectivity index (χ4v) is 4.96. The zero-order valence-corrected chi connectivity index (χ0v) is 20.1. The highest BCUT2D eigenvalue weighted by Crippen LogP contribution is 2.34. The number of pyridine rings is 1. The van der Waals surface area contributed by atoms with E-state index in [1.165, 1.54) is 12.0 Å². The van der Waals surface area contributed by atoms with Crippen LogP contribution >= 0.6 is 0 Å². The molecule has 0 aliphatic carbocycles. The first-order chi connectivity index (χ1) is 16.4. The Morgan fingerprint density at radius 1 is 1.21 bits per heavy atom. The van der Waals surface area contributed by atoms with Crippen LogP contribution in [0.5, 0.6) is 5.75 Å². The molecule has 178 valence electrons. The predicted molar refractivity (Wildman–Crippen MR) is 135 cm³/mol. The number of allylic oxidation sites excluding steroid dienone is 2. The van der Waals surface area contributed by atoms with Gasteiger partial charge in [-0.2, -0.15) is 4.98 Å². The van der Waals surface area contributed by atoms with Crippen molar-refractivity contribution in [3.05, 3.63) is 71.6 Å². The monoisotopic (exact) mass is 459 g/mol. The molecule has 0 saturated carbocycles. The lowest BCUT2D eigenvalue weighted by molar-refractivity contribution is 0.228. The largest absolute Gasteiger partial charge is 0.491 e. The second-order valence-corrected chi connectivity index (χ2v) is 9.45. The molecule has 0 radical (unpaired) electrons. The second kappa shape index (κ2) is 9.12. The van der Waals surface area contributed by atoms with E-state index in [2.05, 4.69) is 45.3 Å². The van der Waals surface area contributed by atoms with Crippen LogP contribution in [0, 0.1) is 0 Å². The van der Waals surface area contributed by atoms with Crippen LogP contribution in [0.4, 0.5) is 5.95 Å². The van der Waals surface area contributed by atoms with Gasteiger partial charge in [-0.05, 0) is 81.3 Å². The molecule has 2 atom stereocenters. The zero-order valence-electron chi connectivity index (χ0n) is 20.1. The van der Waals surface area contributed by atoms with Gasteiger partial charge >= 0.3 is 0 Å². The Kier molecular flexibility index (Phi) is 6.02. The molecular weight excluding hydrogens is 426 g/mol. The average molecular weight is 460 g/mol. The van der Waals surface area contributed by atoms with Crippen molar-refractivity contribution in [2.45, 2.75) is 51.5 Å². The predicted octanol–water partition coefficient (Wildman–Crippen LogP) is 3.26. The number of nitrogen functional groups attached to an aromatic ring is 1. The molecule has 1 unspecified atom stereocenters. The maximum Gasteiger partial charge on any atom is 0.240 e. The van der Waals surface area contributed by atoms with Gasteiger partial charge in [0, 0.05) is 30.5 Å². The normalized spacial score (nSPS) is 21.3. The number of anilines is 1. The SMILES string of the molecule is CC(C)Oc1ccccc1CN1C=C(c2ccn3nc(N)nc3c2)C=C([C@@H]2CCCN2C)C1N. The first kappa shape index (κ1) is 22.4. The van der Waals surface area contributed by atoms with Gasteiger partial charge in [0.2, 0.25) is 5.95 Å². The molecule has 2 aliphatic heterocycles. The number of benzene rings is 1. The van der Waals surface area contributed by atoms with Crippen molar-refractivity contribution in [3.8, 4) is 5.75 Å². The van der Waals surface area contributed by atoms with Gasteiger partial charge in [-0.3, -0.25) is 4.90 Å². The van der Waals surface area contributed by atoms with Crippen LogP contribution in [0.15, 0.2) is 60.4 Å². The number of hydrogen-bond donors (Lipinski definition) is 2. The summed E-state index contributed by atoms with van der Waals surface area (Å²) in [4.78, 5) is 8.97. The minimum absolute atomic E-state index is 0.104. The molecule has 8 nitrogen and oxygen atoms in total. The number of hydrogen-bond acceptors (Lipinski definition) is 7. The van der Waals surface area contributed by atoms with Gasteiger partial charge in [-0.15, -0.1) is 5.10 Å². The molecule has 2 aromatic heterocycles. The number of ether oxygens (including phenoxy) is 1. The molecule has 0 spiro atoms. The van der Waals surface area contributed by atoms with E-state index in [-0.39, 0.29) is 18.2 Å². The summed E-state index contributed by atoms with van der Waals surface area (Å²) in [6.45, 7) is 5.84. The lowest BCUT2D eigenvalue weighted by Crippen LogP contribution is -2.46. The van der Waals surface area contributed by atoms with Crippen LogP contribution < -0.4 is 16.2 Å². The molecule has 1 aromatic carbocycles. The summed E-state index contributed by atoms with van der Waals surface area (Å²) in [6.07, 6.45) is 8.50. The lowest BCUT2D eigenvalue weighted by atomic mass is 9.93. The molecule has 3 aromatic rings. The van der Waals surface area contributed by atoms with Crippen LogP contribution in [0.2, 0.25) is 0 Å². The molecule has 0 bridgehead atoms. The van der Waals surface area contributed by atoms with Crippen LogP contribution in [0.3, 0.4) is 0 Å². The molecule has 5 rings (SSSR count). The minimum Gasteiger partial charge on any atom is -0.491 e. The van der Waals surface area contributed by atoms with Gasteiger partial charge in [0.05, 0.1) is 6.10 Å². The number of aromatic nitrogens is 3. The van der Waals surface area contributed by atoms with Crippen molar-refractivity contribution in [1.82, 2.24) is 24.4 Å². The first-order valence-electron chi connectivity index (χ1n) is 11.9. The topological polar surface area (TPSA) is 97.9 Å². The van der Waals surface area contributed by atoms with E-state index < -0.39 is 0 Å². The highest BCUT2D eigenvalue weighted by molar-refractivity contribution is 5.77. The second-order valence-electron chi connectivity index (χ2n) is 9.45. The van der Waals surface area contributed by atoms with Gasteiger partial charge in [0.25, 0.3) is 0 Å². The van der Waals surface area contributed by atoms with Gasteiger partial charge in [0.1, 0.15) is 11.9 Å². The molecular formula is C26H33N7O. The quantitative estimate of drug-likeness (QED) is 0.584. The highest BCUT2D eigenvalue weighted by atomic mass is 16.5. The molecule has 2 aliphatic rings. The van der Waals surface area contributed by atoms with Crippen molar-refractivity contribution >= 4 is 17.2 Å². The van der Waals surface area contributed by atoms with Gasteiger partial charge in [-0.25, -0.2) is 4.52 Å². The van der Waals surface area contributed by atoms with Crippen molar-refractivity contribution in [2.24, 2.45) is 5.73 Å². The molecule has 4 N–H and O–H groups in total. The Morgan fingerprint density at radius 2 is 2.03 bits per heavy atom. The third-order valence-corrected chi connectivity index (χ3v) is 6.61. The summed E-state index contributed by atoms with van der Waals surface area (Å²) in [5.41, 5.74) is 17.9. The Bertz CT molecular complexity index is 1240. The van der Waals surface area contributed by atoms with Gasteiger partial charge in [0.15, 0.2) is 5.65 Å².